The molecule has 0 fully saturated rings. The molecule has 2 heterocycles. The van der Waals surface area contributed by atoms with Gasteiger partial charge in [0.2, 0.25) is 11.9 Å². The van der Waals surface area contributed by atoms with Crippen molar-refractivity contribution in [3.8, 4) is 5.88 Å². The monoisotopic (exact) mass is 542 g/mol. The Balaban J connectivity index is 1.81. The minimum Gasteiger partial charge on any atom is -0.457 e. The molecule has 0 saturated heterocycles. The second-order valence-electron chi connectivity index (χ2n) is 8.62. The lowest BCUT2D eigenvalue weighted by Gasteiger charge is -2.22. The van der Waals surface area contributed by atoms with E-state index in [0.29, 0.717) is 0 Å². The predicted molar refractivity (Wildman–Crippen MR) is 128 cm³/mol. The Kier molecular flexibility index (Phi) is 8.38. The zero-order valence-corrected chi connectivity index (χ0v) is 20.9. The van der Waals surface area contributed by atoms with Crippen LogP contribution >= 0.6 is 0 Å². The van der Waals surface area contributed by atoms with Crippen LogP contribution in [0.3, 0.4) is 0 Å². The molecule has 1 unspecified atom stereocenters. The first kappa shape index (κ1) is 27.9. The van der Waals surface area contributed by atoms with E-state index in [1.165, 1.54) is 30.5 Å². The topological polar surface area (TPSA) is 144 Å². The van der Waals surface area contributed by atoms with Gasteiger partial charge in [0, 0.05) is 31.0 Å². The van der Waals surface area contributed by atoms with Crippen LogP contribution in [0.25, 0.3) is 11.0 Å². The summed E-state index contributed by atoms with van der Waals surface area (Å²) in [6.07, 6.45) is -5.83. The van der Waals surface area contributed by atoms with Gasteiger partial charge in [0.25, 0.3) is 16.1 Å². The fourth-order valence-corrected chi connectivity index (χ4v) is 3.76. The zero-order chi connectivity index (χ0) is 27.3. The highest BCUT2D eigenvalue weighted by Gasteiger charge is 2.44. The summed E-state index contributed by atoms with van der Waals surface area (Å²) in [6, 6.07) is 8.66. The average Bonchev–Trinajstić information content (AvgIpc) is 2.79. The lowest BCUT2D eigenvalue weighted by Crippen LogP contribution is -2.39. The number of ether oxygens (including phenoxy) is 2. The molecule has 1 aromatic carbocycles. The SMILES string of the molecule is CC(C)(C)OC(=O)NCCNS(=O)(=O)Nc1nc2ccccc2nc1OC(c1cccnc1)C(F)(F)F. The number of hydrogen-bond donors (Lipinski definition) is 3. The van der Waals surface area contributed by atoms with E-state index < -0.39 is 45.9 Å². The van der Waals surface area contributed by atoms with Gasteiger partial charge in [-0.3, -0.25) is 9.71 Å². The summed E-state index contributed by atoms with van der Waals surface area (Å²) in [5.41, 5.74) is -0.656. The molecule has 0 aliphatic heterocycles. The number of pyridine rings is 1. The number of anilines is 1. The third kappa shape index (κ3) is 8.42. The average molecular weight is 543 g/mol. The number of alkyl halides is 3. The number of para-hydroxylation sites is 2. The van der Waals surface area contributed by atoms with Gasteiger partial charge in [0.1, 0.15) is 5.60 Å². The zero-order valence-electron chi connectivity index (χ0n) is 20.0. The van der Waals surface area contributed by atoms with Crippen molar-refractivity contribution in [2.24, 2.45) is 0 Å². The van der Waals surface area contributed by atoms with Crippen LogP contribution in [-0.2, 0) is 14.9 Å². The molecule has 3 rings (SSSR count). The van der Waals surface area contributed by atoms with Gasteiger partial charge in [-0.1, -0.05) is 18.2 Å². The molecule has 3 N–H and O–H groups in total. The van der Waals surface area contributed by atoms with E-state index in [1.54, 1.807) is 32.9 Å². The van der Waals surface area contributed by atoms with Gasteiger partial charge in [0.15, 0.2) is 0 Å². The number of halogens is 3. The Morgan fingerprint density at radius 1 is 1.03 bits per heavy atom. The molecule has 3 aromatic rings. The molecular weight excluding hydrogens is 517 g/mol. The summed E-state index contributed by atoms with van der Waals surface area (Å²) in [4.78, 5) is 23.5. The Bertz CT molecular complexity index is 1330. The highest BCUT2D eigenvalue weighted by Crippen LogP contribution is 2.38. The number of aromatic nitrogens is 3. The molecule has 0 saturated carbocycles. The van der Waals surface area contributed by atoms with Crippen molar-refractivity contribution in [1.29, 1.82) is 0 Å². The van der Waals surface area contributed by atoms with Crippen molar-refractivity contribution < 1.29 is 35.9 Å². The van der Waals surface area contributed by atoms with Crippen molar-refractivity contribution in [2.75, 3.05) is 17.8 Å². The van der Waals surface area contributed by atoms with Crippen LogP contribution in [0.4, 0.5) is 23.8 Å². The van der Waals surface area contributed by atoms with Crippen molar-refractivity contribution in [2.45, 2.75) is 38.7 Å². The van der Waals surface area contributed by atoms with Crippen molar-refractivity contribution >= 4 is 33.2 Å². The van der Waals surface area contributed by atoms with Gasteiger partial charge in [-0.25, -0.2) is 14.8 Å². The summed E-state index contributed by atoms with van der Waals surface area (Å²) >= 11 is 0. The number of nitrogens with one attached hydrogen (secondary N) is 3. The number of carbonyl (C=O) groups excluding carboxylic acids is 1. The lowest BCUT2D eigenvalue weighted by atomic mass is 10.1. The standard InChI is InChI=1S/C22H25F3N6O5S/c1-21(2,3)36-20(32)27-11-12-28-37(33,34)31-18-19(30-16-9-5-4-8-15(16)29-18)35-17(22(23,24)25)14-7-6-10-26-13-14/h4-10,13,17,28H,11-12H2,1-3H3,(H,27,32)(H,29,31). The summed E-state index contributed by atoms with van der Waals surface area (Å²) < 4.78 is 81.2. The number of alkyl carbamates (subject to hydrolysis) is 1. The van der Waals surface area contributed by atoms with E-state index in [-0.39, 0.29) is 29.7 Å². The summed E-state index contributed by atoms with van der Waals surface area (Å²) in [7, 11) is -4.36. The number of carbonyl (C=O) groups is 1. The fraction of sp³-hybridized carbons (Fsp3) is 0.364. The molecular formula is C22H25F3N6O5S. The van der Waals surface area contributed by atoms with Gasteiger partial charge in [-0.05, 0) is 39.0 Å². The lowest BCUT2D eigenvalue weighted by molar-refractivity contribution is -0.198. The fourth-order valence-electron chi connectivity index (χ4n) is 2.93. The van der Waals surface area contributed by atoms with Gasteiger partial charge in [-0.15, -0.1) is 0 Å². The second kappa shape index (κ2) is 11.1. The molecule has 200 valence electrons. The molecule has 0 spiro atoms. The minimum atomic E-state index is -4.88. The number of nitrogens with zero attached hydrogens (tertiary/aromatic N) is 3. The maximum Gasteiger partial charge on any atom is 0.429 e. The Labute approximate surface area is 211 Å². The molecule has 1 amide bonds. The van der Waals surface area contributed by atoms with Crippen LogP contribution in [0.2, 0.25) is 0 Å². The predicted octanol–water partition coefficient (Wildman–Crippen LogP) is 3.48. The van der Waals surface area contributed by atoms with E-state index in [2.05, 4.69) is 25.0 Å². The molecule has 1 atom stereocenters. The maximum absolute atomic E-state index is 13.9. The van der Waals surface area contributed by atoms with Gasteiger partial charge < -0.3 is 14.8 Å². The highest BCUT2D eigenvalue weighted by atomic mass is 32.2. The van der Waals surface area contributed by atoms with Crippen LogP contribution in [0, 0.1) is 0 Å². The first-order valence-electron chi connectivity index (χ1n) is 10.9. The third-order valence-electron chi connectivity index (χ3n) is 4.37. The summed E-state index contributed by atoms with van der Waals surface area (Å²) in [5.74, 6) is -1.26. The van der Waals surface area contributed by atoms with Gasteiger partial charge in [0.05, 0.1) is 11.0 Å². The van der Waals surface area contributed by atoms with Crippen LogP contribution < -0.4 is 19.5 Å². The van der Waals surface area contributed by atoms with E-state index in [9.17, 15) is 26.4 Å². The molecule has 0 aliphatic rings. The van der Waals surface area contributed by atoms with Crippen LogP contribution in [0.1, 0.15) is 32.4 Å². The molecule has 0 bridgehead atoms. The third-order valence-corrected chi connectivity index (χ3v) is 5.42. The van der Waals surface area contributed by atoms with Crippen molar-refractivity contribution in [3.05, 3.63) is 54.4 Å². The second-order valence-corrected chi connectivity index (χ2v) is 10.1. The van der Waals surface area contributed by atoms with Crippen LogP contribution in [-0.4, -0.2) is 54.3 Å². The Morgan fingerprint density at radius 3 is 2.30 bits per heavy atom. The first-order chi connectivity index (χ1) is 17.2. The van der Waals surface area contributed by atoms with E-state index in [1.807, 2.05) is 4.72 Å². The van der Waals surface area contributed by atoms with Crippen molar-refractivity contribution in [1.82, 2.24) is 25.0 Å². The first-order valence-corrected chi connectivity index (χ1v) is 12.4. The summed E-state index contributed by atoms with van der Waals surface area (Å²) in [5, 5.41) is 2.37. The molecule has 0 radical (unpaired) electrons. The van der Waals surface area contributed by atoms with Crippen molar-refractivity contribution in [3.63, 3.8) is 0 Å². The Hall–Kier alpha value is -3.72. The molecule has 11 nitrogen and oxygen atoms in total. The molecule has 2 aromatic heterocycles. The smallest absolute Gasteiger partial charge is 0.429 e. The Morgan fingerprint density at radius 2 is 1.70 bits per heavy atom. The molecule has 37 heavy (non-hydrogen) atoms. The molecule has 15 heteroatoms. The number of benzene rings is 1. The number of fused-ring (bicyclic) bond motifs is 1. The van der Waals surface area contributed by atoms with E-state index >= 15 is 0 Å². The van der Waals surface area contributed by atoms with E-state index in [0.717, 1.165) is 6.20 Å². The van der Waals surface area contributed by atoms with Gasteiger partial charge >= 0.3 is 12.3 Å². The number of rotatable bonds is 9. The highest BCUT2D eigenvalue weighted by molar-refractivity contribution is 7.90. The van der Waals surface area contributed by atoms with E-state index in [4.69, 9.17) is 9.47 Å². The largest absolute Gasteiger partial charge is 0.457 e. The van der Waals surface area contributed by atoms with Crippen LogP contribution in [0.15, 0.2) is 48.8 Å². The maximum atomic E-state index is 13.9. The number of hydrogen-bond acceptors (Lipinski definition) is 8. The summed E-state index contributed by atoms with van der Waals surface area (Å²) in [6.45, 7) is 4.62. The molecule has 0 aliphatic carbocycles. The van der Waals surface area contributed by atoms with Gasteiger partial charge in [-0.2, -0.15) is 26.3 Å². The van der Waals surface area contributed by atoms with Crippen LogP contribution in [0.5, 0.6) is 5.88 Å². The normalized spacial score (nSPS) is 13.1. The minimum absolute atomic E-state index is 0.125. The quantitative estimate of drug-likeness (QED) is 0.349. The number of amides is 1.